The topological polar surface area (TPSA) is 89.6 Å². The molecule has 0 atom stereocenters. The highest BCUT2D eigenvalue weighted by Gasteiger charge is 2.13. The maximum Gasteiger partial charge on any atom is 0.257 e. The van der Waals surface area contributed by atoms with E-state index >= 15 is 0 Å². The molecule has 0 saturated carbocycles. The number of amides is 2. The van der Waals surface area contributed by atoms with Crippen LogP contribution in [0.15, 0.2) is 84.9 Å². The summed E-state index contributed by atoms with van der Waals surface area (Å²) < 4.78 is 11.9. The van der Waals surface area contributed by atoms with Crippen molar-refractivity contribution in [3.8, 4) is 11.5 Å². The van der Waals surface area contributed by atoms with Gasteiger partial charge >= 0.3 is 0 Å². The minimum atomic E-state index is -0.432. The summed E-state index contributed by atoms with van der Waals surface area (Å²) in [5.41, 5.74) is 1.89. The molecule has 0 bridgehead atoms. The maximum absolute atomic E-state index is 13.1. The van der Waals surface area contributed by atoms with Gasteiger partial charge in [0.05, 0.1) is 0 Å². The van der Waals surface area contributed by atoms with Crippen LogP contribution in [0, 0.1) is 0 Å². The SMILES string of the molecule is CC(=O)Nc1cccc(NC(=O)c2cc(OCc3ccccc3Cl)cc(OCc3ccccc3Cl)c2)n1. The maximum atomic E-state index is 13.1. The van der Waals surface area contributed by atoms with Gasteiger partial charge in [-0.3, -0.25) is 9.59 Å². The monoisotopic (exact) mass is 535 g/mol. The van der Waals surface area contributed by atoms with E-state index in [1.165, 1.54) is 6.92 Å². The van der Waals surface area contributed by atoms with Crippen molar-refractivity contribution in [2.45, 2.75) is 20.1 Å². The Labute approximate surface area is 224 Å². The summed E-state index contributed by atoms with van der Waals surface area (Å²) in [6.45, 7) is 1.79. The van der Waals surface area contributed by atoms with Crippen molar-refractivity contribution >= 4 is 46.7 Å². The van der Waals surface area contributed by atoms with Crippen molar-refractivity contribution in [3.63, 3.8) is 0 Å². The Morgan fingerprint density at radius 1 is 0.730 bits per heavy atom. The molecule has 0 radical (unpaired) electrons. The van der Waals surface area contributed by atoms with Crippen LogP contribution in [0.4, 0.5) is 11.6 Å². The Bertz CT molecular complexity index is 1360. The second-order valence-corrected chi connectivity index (χ2v) is 8.81. The van der Waals surface area contributed by atoms with E-state index in [0.717, 1.165) is 11.1 Å². The molecule has 37 heavy (non-hydrogen) atoms. The molecule has 2 N–H and O–H groups in total. The molecule has 0 aliphatic heterocycles. The standard InChI is InChI=1S/C28H23Cl2N3O4/c1-18(34)31-26-11-6-12-27(32-26)33-28(35)21-13-22(36-16-19-7-2-4-9-24(19)29)15-23(14-21)37-17-20-8-3-5-10-25(20)30/h2-15H,16-17H2,1H3,(H2,31,32,33,34,35). The molecular formula is C28H23Cl2N3O4. The van der Waals surface area contributed by atoms with Crippen molar-refractivity contribution in [2.75, 3.05) is 10.6 Å². The second-order valence-electron chi connectivity index (χ2n) is 8.00. The van der Waals surface area contributed by atoms with Crippen LogP contribution in [0.5, 0.6) is 11.5 Å². The van der Waals surface area contributed by atoms with E-state index in [-0.39, 0.29) is 30.5 Å². The zero-order chi connectivity index (χ0) is 26.2. The van der Waals surface area contributed by atoms with Gasteiger partial charge in [0.1, 0.15) is 36.3 Å². The number of hydrogen-bond acceptors (Lipinski definition) is 5. The second kappa shape index (κ2) is 12.3. The fraction of sp³-hybridized carbons (Fsp3) is 0.107. The molecule has 0 spiro atoms. The Hall–Kier alpha value is -4.07. The number of halogens is 2. The van der Waals surface area contributed by atoms with Crippen LogP contribution in [0.2, 0.25) is 10.0 Å². The number of ether oxygens (including phenoxy) is 2. The van der Waals surface area contributed by atoms with Crippen LogP contribution in [0.1, 0.15) is 28.4 Å². The van der Waals surface area contributed by atoms with Gasteiger partial charge in [0.15, 0.2) is 0 Å². The van der Waals surface area contributed by atoms with E-state index in [2.05, 4.69) is 15.6 Å². The Morgan fingerprint density at radius 2 is 1.24 bits per heavy atom. The highest BCUT2D eigenvalue weighted by molar-refractivity contribution is 6.31. The number of hydrogen-bond donors (Lipinski definition) is 2. The average Bonchev–Trinajstić information content (AvgIpc) is 2.87. The molecule has 1 aromatic heterocycles. The van der Waals surface area contributed by atoms with E-state index in [4.69, 9.17) is 32.7 Å². The molecule has 0 aliphatic rings. The largest absolute Gasteiger partial charge is 0.489 e. The number of anilines is 2. The highest BCUT2D eigenvalue weighted by atomic mass is 35.5. The number of carbonyl (C=O) groups is 2. The molecule has 3 aromatic carbocycles. The molecule has 0 aliphatic carbocycles. The molecule has 4 rings (SSSR count). The number of carbonyl (C=O) groups excluding carboxylic acids is 2. The molecule has 4 aromatic rings. The van der Waals surface area contributed by atoms with E-state index in [9.17, 15) is 9.59 Å². The first kappa shape index (κ1) is 26.0. The van der Waals surface area contributed by atoms with Crippen molar-refractivity contribution in [1.82, 2.24) is 4.98 Å². The summed E-state index contributed by atoms with van der Waals surface area (Å²) in [5, 5.41) is 6.49. The third kappa shape index (κ3) is 7.46. The number of nitrogens with zero attached hydrogens (tertiary/aromatic N) is 1. The fourth-order valence-electron chi connectivity index (χ4n) is 3.37. The number of nitrogens with one attached hydrogen (secondary N) is 2. The lowest BCUT2D eigenvalue weighted by Crippen LogP contribution is -2.15. The van der Waals surface area contributed by atoms with Gasteiger partial charge in [-0.15, -0.1) is 0 Å². The van der Waals surface area contributed by atoms with Crippen LogP contribution in [-0.4, -0.2) is 16.8 Å². The quantitative estimate of drug-likeness (QED) is 0.247. The van der Waals surface area contributed by atoms with E-state index < -0.39 is 5.91 Å². The van der Waals surface area contributed by atoms with Crippen LogP contribution < -0.4 is 20.1 Å². The smallest absolute Gasteiger partial charge is 0.257 e. The summed E-state index contributed by atoms with van der Waals surface area (Å²) in [7, 11) is 0. The molecule has 188 valence electrons. The molecule has 1 heterocycles. The molecule has 0 unspecified atom stereocenters. The normalized spacial score (nSPS) is 10.5. The van der Waals surface area contributed by atoms with Gasteiger partial charge in [0.2, 0.25) is 5.91 Å². The van der Waals surface area contributed by atoms with Crippen LogP contribution in [0.3, 0.4) is 0 Å². The van der Waals surface area contributed by atoms with Crippen LogP contribution in [-0.2, 0) is 18.0 Å². The molecule has 9 heteroatoms. The van der Waals surface area contributed by atoms with Gasteiger partial charge in [-0.05, 0) is 36.4 Å². The first-order valence-corrected chi connectivity index (χ1v) is 12.1. The highest BCUT2D eigenvalue weighted by Crippen LogP contribution is 2.27. The summed E-state index contributed by atoms with van der Waals surface area (Å²) >= 11 is 12.5. The van der Waals surface area contributed by atoms with Gasteiger partial charge in [-0.2, -0.15) is 0 Å². The lowest BCUT2D eigenvalue weighted by Gasteiger charge is -2.14. The van der Waals surface area contributed by atoms with Gasteiger partial charge in [0, 0.05) is 39.7 Å². The zero-order valence-corrected chi connectivity index (χ0v) is 21.3. The summed E-state index contributed by atoms with van der Waals surface area (Å²) in [4.78, 5) is 28.7. The molecule has 0 saturated heterocycles. The molecule has 7 nitrogen and oxygen atoms in total. The summed E-state index contributed by atoms with van der Waals surface area (Å²) in [6.07, 6.45) is 0. The lowest BCUT2D eigenvalue weighted by molar-refractivity contribution is -0.114. The number of rotatable bonds is 9. The van der Waals surface area contributed by atoms with Crippen molar-refractivity contribution in [2.24, 2.45) is 0 Å². The Morgan fingerprint density at radius 3 is 1.76 bits per heavy atom. The first-order chi connectivity index (χ1) is 17.9. The molecule has 2 amide bonds. The number of benzene rings is 3. The molecule has 0 fully saturated rings. The van der Waals surface area contributed by atoms with E-state index in [0.29, 0.717) is 27.4 Å². The minimum absolute atomic E-state index is 0.203. The third-order valence-electron chi connectivity index (χ3n) is 5.14. The third-order valence-corrected chi connectivity index (χ3v) is 5.88. The van der Waals surface area contributed by atoms with Crippen molar-refractivity contribution in [1.29, 1.82) is 0 Å². The predicted molar refractivity (Wildman–Crippen MR) is 145 cm³/mol. The zero-order valence-electron chi connectivity index (χ0n) is 19.8. The van der Waals surface area contributed by atoms with Gasteiger partial charge < -0.3 is 20.1 Å². The fourth-order valence-corrected chi connectivity index (χ4v) is 3.75. The summed E-state index contributed by atoms with van der Waals surface area (Å²) in [5.74, 6) is 0.740. The van der Waals surface area contributed by atoms with E-state index in [1.807, 2.05) is 36.4 Å². The predicted octanol–water partition coefficient (Wildman–Crippen LogP) is 6.76. The van der Waals surface area contributed by atoms with Gasteiger partial charge in [-0.1, -0.05) is 65.7 Å². The van der Waals surface area contributed by atoms with Gasteiger partial charge in [-0.25, -0.2) is 4.98 Å². The lowest BCUT2D eigenvalue weighted by atomic mass is 10.1. The molecular weight excluding hydrogens is 513 g/mol. The van der Waals surface area contributed by atoms with Crippen molar-refractivity contribution in [3.05, 3.63) is 112 Å². The van der Waals surface area contributed by atoms with Crippen molar-refractivity contribution < 1.29 is 19.1 Å². The van der Waals surface area contributed by atoms with Gasteiger partial charge in [0.25, 0.3) is 5.91 Å². The Balaban J connectivity index is 1.56. The minimum Gasteiger partial charge on any atom is -0.489 e. The number of aromatic nitrogens is 1. The Kier molecular flexibility index (Phi) is 8.61. The number of pyridine rings is 1. The first-order valence-electron chi connectivity index (χ1n) is 11.3. The summed E-state index contributed by atoms with van der Waals surface area (Å²) in [6, 6.07) is 24.5. The van der Waals surface area contributed by atoms with Crippen LogP contribution in [0.25, 0.3) is 0 Å². The van der Waals surface area contributed by atoms with E-state index in [1.54, 1.807) is 48.5 Å². The average molecular weight is 536 g/mol. The van der Waals surface area contributed by atoms with Crippen LogP contribution >= 0.6 is 23.2 Å².